The van der Waals surface area contributed by atoms with Gasteiger partial charge in [0.05, 0.1) is 13.0 Å². The van der Waals surface area contributed by atoms with Crippen LogP contribution in [-0.4, -0.2) is 29.8 Å². The molecule has 0 atom stereocenters. The first-order valence-corrected chi connectivity index (χ1v) is 8.27. The van der Waals surface area contributed by atoms with Crippen LogP contribution in [0.1, 0.15) is 17.4 Å². The standard InChI is InChI=1S/C17H19FN2O2S/c1-2-20(17(22)10-15-4-3-9-23-15)12-16(21)19-11-13-5-7-14(18)8-6-13/h3-9H,2,10-12H2,1H3,(H,19,21). The van der Waals surface area contributed by atoms with Gasteiger partial charge in [0.2, 0.25) is 11.8 Å². The highest BCUT2D eigenvalue weighted by molar-refractivity contribution is 7.10. The predicted molar refractivity (Wildman–Crippen MR) is 88.5 cm³/mol. The number of rotatable bonds is 7. The van der Waals surface area contributed by atoms with Gasteiger partial charge in [0, 0.05) is 18.0 Å². The molecule has 0 aliphatic carbocycles. The number of amides is 2. The van der Waals surface area contributed by atoms with Crippen molar-refractivity contribution in [1.29, 1.82) is 0 Å². The van der Waals surface area contributed by atoms with Crippen molar-refractivity contribution in [3.63, 3.8) is 0 Å². The summed E-state index contributed by atoms with van der Waals surface area (Å²) in [5, 5.41) is 4.67. The normalized spacial score (nSPS) is 10.3. The Bertz CT molecular complexity index is 641. The maximum Gasteiger partial charge on any atom is 0.239 e. The molecule has 0 aliphatic rings. The van der Waals surface area contributed by atoms with Crippen LogP contribution >= 0.6 is 11.3 Å². The van der Waals surface area contributed by atoms with E-state index in [-0.39, 0.29) is 24.2 Å². The molecule has 1 N–H and O–H groups in total. The molecule has 0 bridgehead atoms. The summed E-state index contributed by atoms with van der Waals surface area (Å²) in [4.78, 5) is 26.7. The van der Waals surface area contributed by atoms with Gasteiger partial charge in [0.1, 0.15) is 5.82 Å². The Labute approximate surface area is 138 Å². The fourth-order valence-corrected chi connectivity index (χ4v) is 2.78. The summed E-state index contributed by atoms with van der Waals surface area (Å²) in [5.41, 5.74) is 0.813. The van der Waals surface area contributed by atoms with Gasteiger partial charge >= 0.3 is 0 Å². The van der Waals surface area contributed by atoms with Gasteiger partial charge < -0.3 is 10.2 Å². The minimum atomic E-state index is -0.309. The van der Waals surface area contributed by atoms with Gasteiger partial charge in [-0.1, -0.05) is 18.2 Å². The topological polar surface area (TPSA) is 49.4 Å². The van der Waals surface area contributed by atoms with Gasteiger partial charge in [-0.25, -0.2) is 4.39 Å². The highest BCUT2D eigenvalue weighted by Gasteiger charge is 2.16. The number of thiophene rings is 1. The fraction of sp³-hybridized carbons (Fsp3) is 0.294. The largest absolute Gasteiger partial charge is 0.350 e. The van der Waals surface area contributed by atoms with Crippen LogP contribution < -0.4 is 5.32 Å². The minimum Gasteiger partial charge on any atom is -0.350 e. The Balaban J connectivity index is 1.81. The number of hydrogen-bond acceptors (Lipinski definition) is 3. The van der Waals surface area contributed by atoms with E-state index >= 15 is 0 Å². The van der Waals surface area contributed by atoms with Gasteiger partial charge in [0.15, 0.2) is 0 Å². The summed E-state index contributed by atoms with van der Waals surface area (Å²) < 4.78 is 12.8. The molecule has 1 aromatic heterocycles. The van der Waals surface area contributed by atoms with Gasteiger partial charge in [-0.3, -0.25) is 9.59 Å². The first-order valence-electron chi connectivity index (χ1n) is 7.39. The van der Waals surface area contributed by atoms with Crippen molar-refractivity contribution in [3.05, 3.63) is 58.0 Å². The molecule has 122 valence electrons. The summed E-state index contributed by atoms with van der Waals surface area (Å²) in [6.07, 6.45) is 0.316. The van der Waals surface area contributed by atoms with E-state index in [0.29, 0.717) is 19.5 Å². The zero-order valence-electron chi connectivity index (χ0n) is 12.9. The van der Waals surface area contributed by atoms with E-state index < -0.39 is 0 Å². The highest BCUT2D eigenvalue weighted by atomic mass is 32.1. The van der Waals surface area contributed by atoms with E-state index in [1.54, 1.807) is 12.1 Å². The van der Waals surface area contributed by atoms with E-state index in [1.165, 1.54) is 28.4 Å². The van der Waals surface area contributed by atoms with E-state index in [2.05, 4.69) is 5.32 Å². The van der Waals surface area contributed by atoms with E-state index in [9.17, 15) is 14.0 Å². The van der Waals surface area contributed by atoms with Gasteiger partial charge in [-0.2, -0.15) is 0 Å². The number of nitrogens with zero attached hydrogens (tertiary/aromatic N) is 1. The summed E-state index contributed by atoms with van der Waals surface area (Å²) >= 11 is 1.53. The van der Waals surface area contributed by atoms with Gasteiger partial charge in [0.25, 0.3) is 0 Å². The van der Waals surface area contributed by atoms with Crippen LogP contribution in [-0.2, 0) is 22.6 Å². The van der Waals surface area contributed by atoms with Gasteiger partial charge in [-0.15, -0.1) is 11.3 Å². The van der Waals surface area contributed by atoms with Crippen LogP contribution in [0.5, 0.6) is 0 Å². The summed E-state index contributed by atoms with van der Waals surface area (Å²) in [6, 6.07) is 9.75. The molecule has 4 nitrogen and oxygen atoms in total. The molecule has 2 rings (SSSR count). The lowest BCUT2D eigenvalue weighted by atomic mass is 10.2. The van der Waals surface area contributed by atoms with Crippen molar-refractivity contribution < 1.29 is 14.0 Å². The van der Waals surface area contributed by atoms with E-state index in [4.69, 9.17) is 0 Å². The molecule has 0 spiro atoms. The predicted octanol–water partition coefficient (Wildman–Crippen LogP) is 2.59. The lowest BCUT2D eigenvalue weighted by Gasteiger charge is -2.20. The van der Waals surface area contributed by atoms with Crippen LogP contribution in [0.15, 0.2) is 41.8 Å². The average Bonchev–Trinajstić information content (AvgIpc) is 3.05. The summed E-state index contributed by atoms with van der Waals surface area (Å²) in [7, 11) is 0. The van der Waals surface area contributed by atoms with Crippen molar-refractivity contribution in [2.75, 3.05) is 13.1 Å². The molecular formula is C17H19FN2O2S. The second-order valence-corrected chi connectivity index (χ2v) is 6.10. The lowest BCUT2D eigenvalue weighted by Crippen LogP contribution is -2.41. The zero-order valence-corrected chi connectivity index (χ0v) is 13.7. The van der Waals surface area contributed by atoms with Crippen LogP contribution in [0.3, 0.4) is 0 Å². The fourth-order valence-electron chi connectivity index (χ4n) is 2.08. The second-order valence-electron chi connectivity index (χ2n) is 5.07. The molecule has 0 saturated heterocycles. The van der Waals surface area contributed by atoms with Crippen molar-refractivity contribution in [1.82, 2.24) is 10.2 Å². The van der Waals surface area contributed by atoms with Crippen LogP contribution in [0, 0.1) is 5.82 Å². The molecule has 23 heavy (non-hydrogen) atoms. The quantitative estimate of drug-likeness (QED) is 0.846. The van der Waals surface area contributed by atoms with E-state index in [0.717, 1.165) is 10.4 Å². The smallest absolute Gasteiger partial charge is 0.239 e. The third-order valence-corrected chi connectivity index (χ3v) is 4.25. The molecule has 0 fully saturated rings. The molecule has 6 heteroatoms. The lowest BCUT2D eigenvalue weighted by molar-refractivity contribution is -0.135. The molecule has 0 saturated carbocycles. The Hall–Kier alpha value is -2.21. The summed E-state index contributed by atoms with van der Waals surface area (Å²) in [5.74, 6) is -0.598. The molecule has 0 aliphatic heterocycles. The van der Waals surface area contributed by atoms with Gasteiger partial charge in [-0.05, 0) is 36.1 Å². The number of benzene rings is 1. The molecule has 0 unspecified atom stereocenters. The third kappa shape index (κ3) is 5.49. The zero-order chi connectivity index (χ0) is 16.7. The Kier molecular flexibility index (Phi) is 6.29. The number of hydrogen-bond donors (Lipinski definition) is 1. The van der Waals surface area contributed by atoms with Crippen LogP contribution in [0.4, 0.5) is 4.39 Å². The number of likely N-dealkylation sites (N-methyl/N-ethyl adjacent to an activating group) is 1. The minimum absolute atomic E-state index is 0.0297. The molecule has 2 amide bonds. The molecule has 1 heterocycles. The van der Waals surface area contributed by atoms with E-state index in [1.807, 2.05) is 24.4 Å². The van der Waals surface area contributed by atoms with Crippen LogP contribution in [0.25, 0.3) is 0 Å². The van der Waals surface area contributed by atoms with Crippen molar-refractivity contribution in [2.24, 2.45) is 0 Å². The maximum atomic E-state index is 12.8. The highest BCUT2D eigenvalue weighted by Crippen LogP contribution is 2.10. The number of halogens is 1. The Morgan fingerprint density at radius 2 is 1.96 bits per heavy atom. The molecular weight excluding hydrogens is 315 g/mol. The SMILES string of the molecule is CCN(CC(=O)NCc1ccc(F)cc1)C(=O)Cc1cccs1. The van der Waals surface area contributed by atoms with Crippen LogP contribution in [0.2, 0.25) is 0 Å². The Morgan fingerprint density at radius 1 is 1.22 bits per heavy atom. The number of carbonyl (C=O) groups is 2. The third-order valence-electron chi connectivity index (χ3n) is 3.38. The first-order chi connectivity index (χ1) is 11.1. The number of carbonyl (C=O) groups excluding carboxylic acids is 2. The summed E-state index contributed by atoms with van der Waals surface area (Å²) in [6.45, 7) is 2.67. The number of nitrogens with one attached hydrogen (secondary N) is 1. The van der Waals surface area contributed by atoms with Crippen molar-refractivity contribution in [3.8, 4) is 0 Å². The van der Waals surface area contributed by atoms with Crippen molar-refractivity contribution in [2.45, 2.75) is 19.9 Å². The van der Waals surface area contributed by atoms with Crippen molar-refractivity contribution >= 4 is 23.2 Å². The average molecular weight is 334 g/mol. The Morgan fingerprint density at radius 3 is 2.57 bits per heavy atom. The monoisotopic (exact) mass is 334 g/mol. The molecule has 2 aromatic rings. The molecule has 1 aromatic carbocycles. The maximum absolute atomic E-state index is 12.8. The first kappa shape index (κ1) is 17.1. The molecule has 0 radical (unpaired) electrons. The second kappa shape index (κ2) is 8.43.